The van der Waals surface area contributed by atoms with Gasteiger partial charge in [-0.15, -0.1) is 15.7 Å². The molecule has 0 aliphatic rings. The summed E-state index contributed by atoms with van der Waals surface area (Å²) < 4.78 is 32.0. The number of carbonyl (C=O) groups excluding carboxylic acids is 1. The van der Waals surface area contributed by atoms with Crippen LogP contribution >= 0.6 is 11.3 Å². The summed E-state index contributed by atoms with van der Waals surface area (Å²) in [5.41, 5.74) is 1.47. The molecule has 2 aromatic heterocycles. The van der Waals surface area contributed by atoms with Crippen molar-refractivity contribution in [3.8, 4) is 16.3 Å². The van der Waals surface area contributed by atoms with E-state index in [4.69, 9.17) is 14.2 Å². The fourth-order valence-electron chi connectivity index (χ4n) is 2.62. The molecule has 170 valence electrons. The molecule has 0 spiro atoms. The maximum absolute atomic E-state index is 12.7. The third-order valence-electron chi connectivity index (χ3n) is 4.13. The average molecular weight is 477 g/mol. The zero-order valence-electron chi connectivity index (χ0n) is 17.9. The highest BCUT2D eigenvalue weighted by molar-refractivity contribution is 7.93. The summed E-state index contributed by atoms with van der Waals surface area (Å²) in [4.78, 5) is 21.9. The molecule has 1 amide bonds. The third kappa shape index (κ3) is 6.25. The van der Waals surface area contributed by atoms with Crippen molar-refractivity contribution in [2.45, 2.75) is 11.8 Å². The normalized spacial score (nSPS) is 12.6. The molecule has 0 radical (unpaired) electrons. The predicted molar refractivity (Wildman–Crippen MR) is 124 cm³/mol. The first kappa shape index (κ1) is 23.6. The van der Waals surface area contributed by atoms with Gasteiger partial charge in [0.25, 0.3) is 0 Å². The van der Waals surface area contributed by atoms with Gasteiger partial charge in [-0.2, -0.15) is 4.98 Å². The van der Waals surface area contributed by atoms with E-state index in [0.29, 0.717) is 35.6 Å². The maximum atomic E-state index is 12.7. The smallest absolute Gasteiger partial charge is 0.442 e. The van der Waals surface area contributed by atoms with Gasteiger partial charge in [0, 0.05) is 35.0 Å². The highest BCUT2D eigenvalue weighted by Gasteiger charge is 2.13. The van der Waals surface area contributed by atoms with Crippen molar-refractivity contribution in [3.05, 3.63) is 48.0 Å². The molecule has 1 N–H and O–H groups in total. The van der Waals surface area contributed by atoms with E-state index in [0.717, 1.165) is 10.4 Å². The molecule has 11 heteroatoms. The quantitative estimate of drug-likeness (QED) is 0.446. The summed E-state index contributed by atoms with van der Waals surface area (Å²) in [5, 5.41) is 5.08. The van der Waals surface area contributed by atoms with Crippen molar-refractivity contribution >= 4 is 38.8 Å². The fraction of sp³-hybridized carbons (Fsp3) is 0.286. The molecule has 0 aliphatic carbocycles. The molecule has 9 nitrogen and oxygen atoms in total. The van der Waals surface area contributed by atoms with Crippen LogP contribution in [-0.2, 0) is 19.2 Å². The third-order valence-corrected chi connectivity index (χ3v) is 6.68. The first-order valence-corrected chi connectivity index (χ1v) is 12.5. The van der Waals surface area contributed by atoms with Crippen molar-refractivity contribution in [1.82, 2.24) is 9.97 Å². The van der Waals surface area contributed by atoms with Gasteiger partial charge < -0.3 is 19.5 Å². The molecule has 0 saturated carbocycles. The lowest BCUT2D eigenvalue weighted by Gasteiger charge is -2.12. The number of aromatic nitrogens is 2. The Labute approximate surface area is 191 Å². The molecule has 1 aromatic carbocycles. The van der Waals surface area contributed by atoms with Gasteiger partial charge in [0.1, 0.15) is 6.61 Å². The number of nitrogens with zero attached hydrogens (tertiary/aromatic N) is 3. The van der Waals surface area contributed by atoms with Crippen LogP contribution in [-0.4, -0.2) is 53.5 Å². The number of hydrogen-bond donors (Lipinski definition) is 1. The van der Waals surface area contributed by atoms with Crippen molar-refractivity contribution in [2.75, 3.05) is 38.5 Å². The minimum atomic E-state index is -2.91. The summed E-state index contributed by atoms with van der Waals surface area (Å²) in [6, 6.07) is 10.6. The van der Waals surface area contributed by atoms with Crippen molar-refractivity contribution < 1.29 is 23.2 Å². The Morgan fingerprint density at radius 2 is 2.00 bits per heavy atom. The van der Waals surface area contributed by atoms with Crippen molar-refractivity contribution in [2.24, 2.45) is 4.36 Å². The maximum Gasteiger partial charge on any atom is 0.442 e. The Kier molecular flexibility index (Phi) is 8.14. The van der Waals surface area contributed by atoms with Crippen LogP contribution in [0.5, 0.6) is 5.88 Å². The Bertz CT molecular complexity index is 1160. The SMILES string of the molecule is CCOC(=O)N=S(C)(=O)c1ccc(Nc2ncc(-c3cccs3)c(OCCOC)n2)cc1. The lowest BCUT2D eigenvalue weighted by Crippen LogP contribution is -2.08. The number of nitrogens with one attached hydrogen (secondary N) is 1. The van der Waals surface area contributed by atoms with Gasteiger partial charge in [0.2, 0.25) is 11.8 Å². The largest absolute Gasteiger partial charge is 0.475 e. The van der Waals surface area contributed by atoms with Gasteiger partial charge >= 0.3 is 6.09 Å². The van der Waals surface area contributed by atoms with Gasteiger partial charge in [-0.3, -0.25) is 0 Å². The van der Waals surface area contributed by atoms with Gasteiger partial charge in [-0.25, -0.2) is 14.0 Å². The molecular weight excluding hydrogens is 452 g/mol. The van der Waals surface area contributed by atoms with Crippen LogP contribution in [0.15, 0.2) is 57.2 Å². The summed E-state index contributed by atoms with van der Waals surface area (Å²) in [7, 11) is -1.30. The van der Waals surface area contributed by atoms with Crippen LogP contribution in [0, 0.1) is 0 Å². The second-order valence-corrected chi connectivity index (χ2v) is 9.68. The minimum absolute atomic E-state index is 0.170. The highest BCUT2D eigenvalue weighted by atomic mass is 32.2. The van der Waals surface area contributed by atoms with Crippen LogP contribution in [0.3, 0.4) is 0 Å². The van der Waals surface area contributed by atoms with Crippen LogP contribution in [0.2, 0.25) is 0 Å². The van der Waals surface area contributed by atoms with E-state index in [9.17, 15) is 9.00 Å². The highest BCUT2D eigenvalue weighted by Crippen LogP contribution is 2.32. The molecule has 0 aliphatic heterocycles. The van der Waals surface area contributed by atoms with E-state index in [1.54, 1.807) is 55.8 Å². The Hall–Kier alpha value is -3.02. The Morgan fingerprint density at radius 1 is 1.22 bits per heavy atom. The van der Waals surface area contributed by atoms with Crippen LogP contribution < -0.4 is 10.1 Å². The van der Waals surface area contributed by atoms with E-state index in [2.05, 4.69) is 19.6 Å². The molecule has 32 heavy (non-hydrogen) atoms. The fourth-order valence-corrected chi connectivity index (χ4v) is 4.44. The zero-order chi connectivity index (χ0) is 23.0. The van der Waals surface area contributed by atoms with E-state index in [1.807, 2.05) is 17.5 Å². The summed E-state index contributed by atoms with van der Waals surface area (Å²) in [6.07, 6.45) is 2.25. The number of ether oxygens (including phenoxy) is 3. The van der Waals surface area contributed by atoms with Crippen LogP contribution in [0.4, 0.5) is 16.4 Å². The molecule has 0 bridgehead atoms. The van der Waals surface area contributed by atoms with Crippen LogP contribution in [0.25, 0.3) is 10.4 Å². The standard InChI is InChI=1S/C21H24N4O5S2/c1-4-29-21(26)25-32(3,27)16-9-7-15(8-10-16)23-20-22-14-17(18-6-5-13-31-18)19(24-20)30-12-11-28-2/h5-10,13-14H,4,11-12H2,1-3H3,(H,22,23,24). The lowest BCUT2D eigenvalue weighted by molar-refractivity contribution is 0.144. The molecule has 0 saturated heterocycles. The summed E-state index contributed by atoms with van der Waals surface area (Å²) in [5.74, 6) is 0.794. The number of anilines is 2. The van der Waals surface area contributed by atoms with E-state index in [1.165, 1.54) is 6.26 Å². The average Bonchev–Trinajstić information content (AvgIpc) is 3.29. The first-order valence-electron chi connectivity index (χ1n) is 9.71. The molecule has 0 fully saturated rings. The van der Waals surface area contributed by atoms with Gasteiger partial charge in [-0.1, -0.05) is 6.07 Å². The Balaban J connectivity index is 1.80. The molecule has 3 rings (SSSR count). The number of hydrogen-bond acceptors (Lipinski definition) is 9. The van der Waals surface area contributed by atoms with Gasteiger partial charge in [0.15, 0.2) is 0 Å². The molecule has 1 atom stereocenters. The monoisotopic (exact) mass is 476 g/mol. The number of methoxy groups -OCH3 is 1. The summed E-state index contributed by atoms with van der Waals surface area (Å²) >= 11 is 1.57. The Morgan fingerprint density at radius 3 is 2.66 bits per heavy atom. The van der Waals surface area contributed by atoms with Gasteiger partial charge in [0.05, 0.1) is 28.5 Å². The van der Waals surface area contributed by atoms with Crippen molar-refractivity contribution in [1.29, 1.82) is 0 Å². The topological polar surface area (TPSA) is 112 Å². The van der Waals surface area contributed by atoms with E-state index < -0.39 is 15.8 Å². The number of carbonyl (C=O) groups is 1. The van der Waals surface area contributed by atoms with Crippen molar-refractivity contribution in [3.63, 3.8) is 0 Å². The zero-order valence-corrected chi connectivity index (χ0v) is 19.6. The van der Waals surface area contributed by atoms with Gasteiger partial charge in [-0.05, 0) is 42.6 Å². The first-order chi connectivity index (χ1) is 15.4. The second-order valence-electron chi connectivity index (χ2n) is 6.47. The molecular formula is C21H24N4O5S2. The number of thiophene rings is 1. The minimum Gasteiger partial charge on any atom is -0.475 e. The molecule has 2 heterocycles. The number of rotatable bonds is 9. The van der Waals surface area contributed by atoms with E-state index in [-0.39, 0.29) is 6.61 Å². The summed E-state index contributed by atoms with van der Waals surface area (Å²) in [6.45, 7) is 2.62. The number of amides is 1. The lowest BCUT2D eigenvalue weighted by atomic mass is 10.2. The predicted octanol–water partition coefficient (Wildman–Crippen LogP) is 4.59. The molecule has 3 aromatic rings. The second kappa shape index (κ2) is 11.0. The van der Waals surface area contributed by atoms with E-state index >= 15 is 0 Å². The van der Waals surface area contributed by atoms with Crippen LogP contribution in [0.1, 0.15) is 6.92 Å². The molecule has 1 unspecified atom stereocenters. The number of benzene rings is 1.